The molecular weight excluding hydrogens is 204 g/mol. The molecule has 0 unspecified atom stereocenters. The first-order valence-corrected chi connectivity index (χ1v) is 5.12. The van der Waals surface area contributed by atoms with Crippen molar-refractivity contribution >= 4 is 22.9 Å². The molecule has 4 heteroatoms. The fourth-order valence-electron chi connectivity index (χ4n) is 1.17. The zero-order valence-corrected chi connectivity index (χ0v) is 8.99. The maximum Gasteiger partial charge on any atom is 0.150 e. The number of hydrogen-bond acceptors (Lipinski definition) is 2. The molecule has 2 heterocycles. The summed E-state index contributed by atoms with van der Waals surface area (Å²) in [6.07, 6.45) is 1.67. The molecule has 0 saturated carbocycles. The Kier molecular flexibility index (Phi) is 2.14. The number of rotatable bonds is 1. The Labute approximate surface area is 85.8 Å². The quantitative estimate of drug-likeness (QED) is 0.710. The van der Waals surface area contributed by atoms with Crippen molar-refractivity contribution in [3.63, 3.8) is 0 Å². The van der Waals surface area contributed by atoms with Gasteiger partial charge < -0.3 is 4.57 Å². The molecule has 2 aromatic rings. The monoisotopic (exact) mass is 212 g/mol. The van der Waals surface area contributed by atoms with Crippen molar-refractivity contribution < 1.29 is 0 Å². The molecule has 0 radical (unpaired) electrons. The highest BCUT2D eigenvalue weighted by atomic mass is 35.5. The fourth-order valence-corrected chi connectivity index (χ4v) is 2.20. The number of thiophene rings is 1. The minimum Gasteiger partial charge on any atom is -0.318 e. The molecule has 0 fully saturated rings. The van der Waals surface area contributed by atoms with Crippen molar-refractivity contribution in [1.29, 1.82) is 0 Å². The second-order valence-corrected chi connectivity index (χ2v) is 4.55. The lowest BCUT2D eigenvalue weighted by molar-refractivity contribution is 0.929. The van der Waals surface area contributed by atoms with Gasteiger partial charge in [-0.25, -0.2) is 4.98 Å². The first-order chi connectivity index (χ1) is 6.18. The van der Waals surface area contributed by atoms with Gasteiger partial charge in [-0.3, -0.25) is 0 Å². The normalized spacial score (nSPS) is 10.7. The summed E-state index contributed by atoms with van der Waals surface area (Å²) in [5.41, 5.74) is 0. The van der Waals surface area contributed by atoms with Gasteiger partial charge in [-0.05, 0) is 19.1 Å². The zero-order chi connectivity index (χ0) is 9.42. The van der Waals surface area contributed by atoms with Crippen LogP contribution in [0, 0.1) is 6.92 Å². The van der Waals surface area contributed by atoms with E-state index in [2.05, 4.69) is 24.0 Å². The summed E-state index contributed by atoms with van der Waals surface area (Å²) >= 11 is 7.62. The highest BCUT2D eigenvalue weighted by molar-refractivity contribution is 7.15. The van der Waals surface area contributed by atoms with Gasteiger partial charge in [-0.1, -0.05) is 11.6 Å². The van der Waals surface area contributed by atoms with E-state index in [1.807, 2.05) is 11.6 Å². The summed E-state index contributed by atoms with van der Waals surface area (Å²) in [6, 6.07) is 4.15. The van der Waals surface area contributed by atoms with Gasteiger partial charge in [0.15, 0.2) is 5.82 Å². The number of aryl methyl sites for hydroxylation is 1. The molecule has 2 rings (SSSR count). The molecule has 0 atom stereocenters. The van der Waals surface area contributed by atoms with Gasteiger partial charge in [-0.15, -0.1) is 11.3 Å². The minimum absolute atomic E-state index is 0.668. The van der Waals surface area contributed by atoms with E-state index in [1.54, 1.807) is 17.5 Å². The summed E-state index contributed by atoms with van der Waals surface area (Å²) in [5, 5.41) is 0.668. The predicted octanol–water partition coefficient (Wildman–Crippen LogP) is 3.11. The third kappa shape index (κ3) is 1.49. The van der Waals surface area contributed by atoms with Crippen LogP contribution in [-0.2, 0) is 7.05 Å². The Hall–Kier alpha value is -0.800. The van der Waals surface area contributed by atoms with Crippen molar-refractivity contribution in [2.24, 2.45) is 7.05 Å². The molecule has 2 nitrogen and oxygen atoms in total. The van der Waals surface area contributed by atoms with Crippen LogP contribution in [0.4, 0.5) is 0 Å². The van der Waals surface area contributed by atoms with Gasteiger partial charge in [-0.2, -0.15) is 0 Å². The minimum atomic E-state index is 0.668. The standard InChI is InChI=1S/C9H9ClN2S/c1-6-3-4-7(13-6)9-11-5-8(10)12(9)2/h3-5H,1-2H3. The van der Waals surface area contributed by atoms with Crippen molar-refractivity contribution in [2.75, 3.05) is 0 Å². The second-order valence-electron chi connectivity index (χ2n) is 2.87. The SMILES string of the molecule is Cc1ccc(-c2ncc(Cl)n2C)s1. The van der Waals surface area contributed by atoms with Crippen LogP contribution in [0.3, 0.4) is 0 Å². The van der Waals surface area contributed by atoms with Gasteiger partial charge in [0.2, 0.25) is 0 Å². The molecule has 0 saturated heterocycles. The summed E-state index contributed by atoms with van der Waals surface area (Å²) in [6.45, 7) is 2.08. The largest absolute Gasteiger partial charge is 0.318 e. The van der Waals surface area contributed by atoms with Crippen LogP contribution in [0.25, 0.3) is 10.7 Å². The zero-order valence-electron chi connectivity index (χ0n) is 7.41. The topological polar surface area (TPSA) is 17.8 Å². The first-order valence-electron chi connectivity index (χ1n) is 3.92. The first kappa shape index (κ1) is 8.78. The maximum absolute atomic E-state index is 5.89. The summed E-state index contributed by atoms with van der Waals surface area (Å²) in [4.78, 5) is 6.69. The molecule has 0 bridgehead atoms. The second kappa shape index (κ2) is 3.16. The lowest BCUT2D eigenvalue weighted by Crippen LogP contribution is -1.90. The van der Waals surface area contributed by atoms with E-state index in [1.165, 1.54) is 4.88 Å². The van der Waals surface area contributed by atoms with E-state index in [4.69, 9.17) is 11.6 Å². The van der Waals surface area contributed by atoms with Crippen molar-refractivity contribution in [2.45, 2.75) is 6.92 Å². The molecule has 0 amide bonds. The Balaban J connectivity index is 2.52. The number of aromatic nitrogens is 2. The summed E-state index contributed by atoms with van der Waals surface area (Å²) in [5.74, 6) is 0.933. The van der Waals surface area contributed by atoms with Gasteiger partial charge in [0.25, 0.3) is 0 Å². The molecule has 68 valence electrons. The predicted molar refractivity (Wildman–Crippen MR) is 56.3 cm³/mol. The van der Waals surface area contributed by atoms with Gasteiger partial charge in [0, 0.05) is 11.9 Å². The van der Waals surface area contributed by atoms with Crippen LogP contribution in [0.2, 0.25) is 5.15 Å². The van der Waals surface area contributed by atoms with Crippen LogP contribution in [0.15, 0.2) is 18.3 Å². The molecule has 0 aliphatic carbocycles. The van der Waals surface area contributed by atoms with E-state index in [0.717, 1.165) is 10.7 Å². The van der Waals surface area contributed by atoms with E-state index in [9.17, 15) is 0 Å². The lowest BCUT2D eigenvalue weighted by Gasteiger charge is -1.97. The Morgan fingerprint density at radius 1 is 1.46 bits per heavy atom. The highest BCUT2D eigenvalue weighted by Gasteiger charge is 2.08. The van der Waals surface area contributed by atoms with Gasteiger partial charge in [0.1, 0.15) is 5.15 Å². The molecule has 0 spiro atoms. The average molecular weight is 213 g/mol. The Morgan fingerprint density at radius 2 is 2.23 bits per heavy atom. The van der Waals surface area contributed by atoms with E-state index in [0.29, 0.717) is 5.15 Å². The highest BCUT2D eigenvalue weighted by Crippen LogP contribution is 2.27. The molecule has 2 aromatic heterocycles. The molecule has 0 aromatic carbocycles. The summed E-state index contributed by atoms with van der Waals surface area (Å²) in [7, 11) is 1.92. The Morgan fingerprint density at radius 3 is 2.69 bits per heavy atom. The van der Waals surface area contributed by atoms with Crippen molar-refractivity contribution in [3.8, 4) is 10.7 Å². The average Bonchev–Trinajstić information content (AvgIpc) is 2.62. The van der Waals surface area contributed by atoms with Crippen LogP contribution in [0.5, 0.6) is 0 Å². The van der Waals surface area contributed by atoms with Crippen LogP contribution < -0.4 is 0 Å². The summed E-state index contributed by atoms with van der Waals surface area (Å²) < 4.78 is 1.88. The number of nitrogens with zero attached hydrogens (tertiary/aromatic N) is 2. The Bertz CT molecular complexity index is 431. The number of imidazole rings is 1. The van der Waals surface area contributed by atoms with Crippen LogP contribution in [0.1, 0.15) is 4.88 Å². The smallest absolute Gasteiger partial charge is 0.150 e. The third-order valence-corrected chi connectivity index (χ3v) is 3.24. The van der Waals surface area contributed by atoms with Crippen molar-refractivity contribution in [3.05, 3.63) is 28.4 Å². The maximum atomic E-state index is 5.89. The molecular formula is C9H9ClN2S. The lowest BCUT2D eigenvalue weighted by atomic mass is 10.4. The van der Waals surface area contributed by atoms with E-state index < -0.39 is 0 Å². The third-order valence-electron chi connectivity index (χ3n) is 1.89. The number of hydrogen-bond donors (Lipinski definition) is 0. The van der Waals surface area contributed by atoms with E-state index >= 15 is 0 Å². The molecule has 13 heavy (non-hydrogen) atoms. The van der Waals surface area contributed by atoms with Crippen molar-refractivity contribution in [1.82, 2.24) is 9.55 Å². The molecule has 0 N–H and O–H groups in total. The van der Waals surface area contributed by atoms with Crippen LogP contribution in [-0.4, -0.2) is 9.55 Å². The molecule has 0 aliphatic rings. The molecule has 0 aliphatic heterocycles. The van der Waals surface area contributed by atoms with Gasteiger partial charge in [0.05, 0.1) is 11.1 Å². The van der Waals surface area contributed by atoms with Gasteiger partial charge >= 0.3 is 0 Å². The fraction of sp³-hybridized carbons (Fsp3) is 0.222. The van der Waals surface area contributed by atoms with Crippen LogP contribution >= 0.6 is 22.9 Å². The number of halogens is 1. The van der Waals surface area contributed by atoms with E-state index in [-0.39, 0.29) is 0 Å².